The van der Waals surface area contributed by atoms with Crippen molar-refractivity contribution in [2.24, 2.45) is 0 Å². The van der Waals surface area contributed by atoms with E-state index in [4.69, 9.17) is 9.47 Å². The lowest BCUT2D eigenvalue weighted by atomic mass is 9.97. The zero-order chi connectivity index (χ0) is 21.4. The zero-order valence-electron chi connectivity index (χ0n) is 17.2. The van der Waals surface area contributed by atoms with E-state index >= 15 is 0 Å². The summed E-state index contributed by atoms with van der Waals surface area (Å²) in [4.78, 5) is 14.7. The van der Waals surface area contributed by atoms with Crippen molar-refractivity contribution in [3.63, 3.8) is 0 Å². The average molecular weight is 481 g/mol. The lowest BCUT2D eigenvalue weighted by Crippen LogP contribution is -2.34. The van der Waals surface area contributed by atoms with Gasteiger partial charge in [0.05, 0.1) is 16.2 Å². The molecule has 0 fully saturated rings. The molecule has 1 atom stereocenters. The number of aromatic amines is 1. The van der Waals surface area contributed by atoms with Crippen molar-refractivity contribution < 1.29 is 9.47 Å². The van der Waals surface area contributed by atoms with Crippen molar-refractivity contribution in [1.82, 2.24) is 25.1 Å². The molecule has 0 unspecified atom stereocenters. The van der Waals surface area contributed by atoms with Crippen LogP contribution in [0.15, 0.2) is 47.2 Å². The van der Waals surface area contributed by atoms with Crippen LogP contribution in [0.4, 0.5) is 5.95 Å². The maximum atomic E-state index is 5.73. The van der Waals surface area contributed by atoms with Crippen molar-refractivity contribution in [3.8, 4) is 17.0 Å². The summed E-state index contributed by atoms with van der Waals surface area (Å²) >= 11 is 3.41. The van der Waals surface area contributed by atoms with Gasteiger partial charge in [-0.1, -0.05) is 12.1 Å². The van der Waals surface area contributed by atoms with Crippen LogP contribution in [0, 0.1) is 0 Å². The van der Waals surface area contributed by atoms with Gasteiger partial charge in [-0.3, -0.25) is 0 Å². The molecule has 5 rings (SSSR count). The second kappa shape index (κ2) is 8.24. The minimum absolute atomic E-state index is 0.0933. The summed E-state index contributed by atoms with van der Waals surface area (Å²) in [6.07, 6.45) is 4.42. The summed E-state index contributed by atoms with van der Waals surface area (Å²) in [7, 11) is 1.60. The van der Waals surface area contributed by atoms with Crippen LogP contribution >= 0.6 is 15.9 Å². The summed E-state index contributed by atoms with van der Waals surface area (Å²) in [5, 5.41) is 9.99. The highest BCUT2D eigenvalue weighted by Gasteiger charge is 2.30. The Morgan fingerprint density at radius 2 is 2.00 bits per heavy atom. The molecule has 0 aliphatic carbocycles. The molecule has 9 heteroatoms. The molecule has 31 heavy (non-hydrogen) atoms. The van der Waals surface area contributed by atoms with Crippen molar-refractivity contribution >= 4 is 32.9 Å². The summed E-state index contributed by atoms with van der Waals surface area (Å²) in [6, 6.07) is 9.94. The number of nitrogens with zero attached hydrogens (tertiary/aromatic N) is 5. The number of ether oxygens (including phenoxy) is 2. The fourth-order valence-corrected chi connectivity index (χ4v) is 4.31. The highest BCUT2D eigenvalue weighted by molar-refractivity contribution is 9.10. The first-order chi connectivity index (χ1) is 15.2. The number of anilines is 1. The van der Waals surface area contributed by atoms with Crippen molar-refractivity contribution in [2.45, 2.75) is 19.4 Å². The van der Waals surface area contributed by atoms with Crippen LogP contribution in [0.2, 0.25) is 0 Å². The van der Waals surface area contributed by atoms with E-state index < -0.39 is 0 Å². The Bertz CT molecular complexity index is 1230. The molecular weight excluding hydrogens is 460 g/mol. The lowest BCUT2D eigenvalue weighted by Gasteiger charge is -2.33. The first-order valence-electron chi connectivity index (χ1n) is 9.99. The van der Waals surface area contributed by atoms with Crippen LogP contribution in [-0.4, -0.2) is 45.6 Å². The molecule has 1 aliphatic rings. The van der Waals surface area contributed by atoms with Gasteiger partial charge in [-0.25, -0.2) is 9.97 Å². The maximum absolute atomic E-state index is 5.73. The van der Waals surface area contributed by atoms with Gasteiger partial charge in [0.1, 0.15) is 5.75 Å². The van der Waals surface area contributed by atoms with Crippen LogP contribution < -0.4 is 9.64 Å². The van der Waals surface area contributed by atoms with E-state index in [-0.39, 0.29) is 12.8 Å². The Kier molecular flexibility index (Phi) is 5.29. The number of fused-ring (bicyclic) bond motifs is 3. The van der Waals surface area contributed by atoms with Crippen LogP contribution in [-0.2, 0) is 11.2 Å². The second-order valence-electron chi connectivity index (χ2n) is 7.38. The Hall–Kier alpha value is -3.04. The Morgan fingerprint density at radius 1 is 1.19 bits per heavy atom. The first-order valence-corrected chi connectivity index (χ1v) is 10.8. The van der Waals surface area contributed by atoms with E-state index in [1.807, 2.05) is 24.3 Å². The maximum Gasteiger partial charge on any atom is 0.225 e. The third kappa shape index (κ3) is 3.64. The Labute approximate surface area is 187 Å². The van der Waals surface area contributed by atoms with E-state index in [1.54, 1.807) is 19.5 Å². The molecule has 1 aliphatic heterocycles. The monoisotopic (exact) mass is 480 g/mol. The standard InChI is InChI=1S/C22H21BrN6O2/c1-13-20-16-9-18(15-5-3-4-6-19(15)31-12-30-2)27-28-21(16)26-17(20)7-8-29(13)22-24-10-14(23)11-25-22/h3-6,9-11,13H,7-8,12H2,1-2H3,(H,26,28)/t13-/m1/s1. The van der Waals surface area contributed by atoms with Crippen molar-refractivity contribution in [2.75, 3.05) is 25.3 Å². The van der Waals surface area contributed by atoms with Crippen LogP contribution in [0.1, 0.15) is 24.2 Å². The topological polar surface area (TPSA) is 89.0 Å². The molecule has 0 radical (unpaired) electrons. The number of methoxy groups -OCH3 is 1. The fourth-order valence-electron chi connectivity index (χ4n) is 4.10. The molecule has 8 nitrogen and oxygen atoms in total. The molecule has 4 heterocycles. The van der Waals surface area contributed by atoms with E-state index in [0.29, 0.717) is 5.75 Å². The van der Waals surface area contributed by atoms with Gasteiger partial charge in [0.2, 0.25) is 5.95 Å². The number of rotatable bonds is 5. The number of halogens is 1. The SMILES string of the molecule is COCOc1ccccc1-c1cc2c3c([nH]c2nn1)CCN(c1ncc(Br)cn1)[C@@H]3C. The molecule has 0 spiro atoms. The molecule has 0 saturated heterocycles. The van der Waals surface area contributed by atoms with Crippen molar-refractivity contribution in [1.29, 1.82) is 0 Å². The smallest absolute Gasteiger partial charge is 0.225 e. The van der Waals surface area contributed by atoms with E-state index in [9.17, 15) is 0 Å². The highest BCUT2D eigenvalue weighted by Crippen LogP contribution is 2.38. The molecule has 0 saturated carbocycles. The van der Waals surface area contributed by atoms with Gasteiger partial charge in [0, 0.05) is 54.7 Å². The molecule has 1 aromatic carbocycles. The number of H-pyrrole nitrogens is 1. The van der Waals surface area contributed by atoms with Gasteiger partial charge in [0.15, 0.2) is 12.4 Å². The van der Waals surface area contributed by atoms with E-state index in [1.165, 1.54) is 11.3 Å². The van der Waals surface area contributed by atoms with E-state index in [2.05, 4.69) is 59.0 Å². The number of hydrogen-bond donors (Lipinski definition) is 1. The predicted molar refractivity (Wildman–Crippen MR) is 121 cm³/mol. The molecule has 0 amide bonds. The van der Waals surface area contributed by atoms with Crippen LogP contribution in [0.25, 0.3) is 22.3 Å². The molecule has 158 valence electrons. The van der Waals surface area contributed by atoms with Crippen molar-refractivity contribution in [3.05, 3.63) is 58.5 Å². The lowest BCUT2D eigenvalue weighted by molar-refractivity contribution is 0.0515. The van der Waals surface area contributed by atoms with Gasteiger partial charge in [-0.05, 0) is 41.1 Å². The van der Waals surface area contributed by atoms with Crippen LogP contribution in [0.3, 0.4) is 0 Å². The summed E-state index contributed by atoms with van der Waals surface area (Å²) in [5.74, 6) is 1.43. The molecule has 4 aromatic rings. The molecular formula is C22H21BrN6O2. The number of para-hydroxylation sites is 1. The predicted octanol–water partition coefficient (Wildman–Crippen LogP) is 4.28. The molecule has 3 aromatic heterocycles. The van der Waals surface area contributed by atoms with Gasteiger partial charge in [-0.2, -0.15) is 0 Å². The highest BCUT2D eigenvalue weighted by atomic mass is 79.9. The summed E-state index contributed by atoms with van der Waals surface area (Å²) in [6.45, 7) is 3.18. The Morgan fingerprint density at radius 3 is 2.81 bits per heavy atom. The van der Waals surface area contributed by atoms with Gasteiger partial charge < -0.3 is 19.4 Å². The molecule has 0 bridgehead atoms. The molecule has 1 N–H and O–H groups in total. The Balaban J connectivity index is 1.57. The number of benzene rings is 1. The quantitative estimate of drug-likeness (QED) is 0.426. The van der Waals surface area contributed by atoms with Gasteiger partial charge >= 0.3 is 0 Å². The average Bonchev–Trinajstić information content (AvgIpc) is 3.17. The fraction of sp³-hybridized carbons (Fsp3) is 0.273. The first kappa shape index (κ1) is 19.9. The minimum atomic E-state index is 0.0933. The zero-order valence-corrected chi connectivity index (χ0v) is 18.8. The normalized spacial score (nSPS) is 15.8. The number of aromatic nitrogens is 5. The second-order valence-corrected chi connectivity index (χ2v) is 8.29. The minimum Gasteiger partial charge on any atom is -0.467 e. The van der Waals surface area contributed by atoms with Crippen LogP contribution in [0.5, 0.6) is 5.75 Å². The summed E-state index contributed by atoms with van der Waals surface area (Å²) < 4.78 is 11.7. The largest absolute Gasteiger partial charge is 0.467 e. The third-order valence-electron chi connectivity index (χ3n) is 5.53. The number of hydrogen-bond acceptors (Lipinski definition) is 7. The van der Waals surface area contributed by atoms with Gasteiger partial charge in [0.25, 0.3) is 0 Å². The number of nitrogens with one attached hydrogen (secondary N) is 1. The third-order valence-corrected chi connectivity index (χ3v) is 5.93. The van der Waals surface area contributed by atoms with E-state index in [0.717, 1.165) is 45.7 Å². The van der Waals surface area contributed by atoms with Gasteiger partial charge in [-0.15, -0.1) is 10.2 Å². The summed E-state index contributed by atoms with van der Waals surface area (Å²) in [5.41, 5.74) is 4.81.